The van der Waals surface area contributed by atoms with Crippen molar-refractivity contribution in [1.29, 1.82) is 0 Å². The Kier molecular flexibility index (Phi) is 5.91. The summed E-state index contributed by atoms with van der Waals surface area (Å²) in [6, 6.07) is 15.8. The number of carbonyl (C=O) groups excluding carboxylic acids is 1. The van der Waals surface area contributed by atoms with E-state index in [9.17, 15) is 4.79 Å². The molecular weight excluding hydrogens is 296 g/mol. The molecule has 0 spiro atoms. The van der Waals surface area contributed by atoms with Crippen molar-refractivity contribution in [3.63, 3.8) is 0 Å². The molecule has 24 heavy (non-hydrogen) atoms. The van der Waals surface area contributed by atoms with E-state index in [1.165, 1.54) is 12.5 Å². The lowest BCUT2D eigenvalue weighted by atomic mass is 10.0. The molecule has 122 valence electrons. The summed E-state index contributed by atoms with van der Waals surface area (Å²) in [5.74, 6) is 1.58. The smallest absolute Gasteiger partial charge is 0.159 e. The van der Waals surface area contributed by atoms with Crippen LogP contribution in [0.2, 0.25) is 0 Å². The zero-order valence-electron chi connectivity index (χ0n) is 14.4. The van der Waals surface area contributed by atoms with Crippen LogP contribution in [0.15, 0.2) is 78.9 Å². The number of hydrogen-bond acceptors (Lipinski definition) is 2. The van der Waals surface area contributed by atoms with Crippen molar-refractivity contribution in [1.82, 2.24) is 0 Å². The van der Waals surface area contributed by atoms with Crippen molar-refractivity contribution in [2.24, 2.45) is 0 Å². The molecule has 0 unspecified atom stereocenters. The van der Waals surface area contributed by atoms with E-state index in [1.807, 2.05) is 74.5 Å². The van der Waals surface area contributed by atoms with Gasteiger partial charge in [0.1, 0.15) is 11.5 Å². The first-order valence-electron chi connectivity index (χ1n) is 7.89. The first-order chi connectivity index (χ1) is 11.5. The Balaban J connectivity index is 2.11. The second-order valence-corrected chi connectivity index (χ2v) is 5.60. The molecule has 0 radical (unpaired) electrons. The first kappa shape index (κ1) is 17.5. The highest BCUT2D eigenvalue weighted by Crippen LogP contribution is 2.24. The lowest BCUT2D eigenvalue weighted by Gasteiger charge is -2.08. The Morgan fingerprint density at radius 1 is 0.958 bits per heavy atom. The van der Waals surface area contributed by atoms with Crippen molar-refractivity contribution in [2.45, 2.75) is 20.8 Å². The molecule has 2 aromatic rings. The fourth-order valence-corrected chi connectivity index (χ4v) is 2.12. The predicted octanol–water partition coefficient (Wildman–Crippen LogP) is 5.89. The van der Waals surface area contributed by atoms with Gasteiger partial charge in [-0.1, -0.05) is 54.6 Å². The van der Waals surface area contributed by atoms with Crippen LogP contribution in [0.25, 0.3) is 5.57 Å². The zero-order valence-corrected chi connectivity index (χ0v) is 14.4. The van der Waals surface area contributed by atoms with Gasteiger partial charge in [0.2, 0.25) is 0 Å². The molecule has 0 aromatic heterocycles. The molecule has 0 bridgehead atoms. The van der Waals surface area contributed by atoms with Crippen molar-refractivity contribution < 1.29 is 9.53 Å². The van der Waals surface area contributed by atoms with E-state index in [2.05, 4.69) is 6.58 Å². The highest BCUT2D eigenvalue weighted by atomic mass is 16.5. The third-order valence-electron chi connectivity index (χ3n) is 3.67. The summed E-state index contributed by atoms with van der Waals surface area (Å²) in [6.45, 7) is 9.26. The average molecular weight is 318 g/mol. The Labute approximate surface area is 143 Å². The predicted molar refractivity (Wildman–Crippen MR) is 100 cm³/mol. The zero-order chi connectivity index (χ0) is 17.5. The molecule has 2 heteroatoms. The van der Waals surface area contributed by atoms with Gasteiger partial charge in [-0.25, -0.2) is 0 Å². The van der Waals surface area contributed by atoms with Gasteiger partial charge in [0.25, 0.3) is 0 Å². The molecule has 0 fully saturated rings. The number of ketones is 1. The summed E-state index contributed by atoms with van der Waals surface area (Å²) in [5, 5.41) is 0. The minimum Gasteiger partial charge on any atom is -0.457 e. The third-order valence-corrected chi connectivity index (χ3v) is 3.67. The number of carbonyl (C=O) groups is 1. The van der Waals surface area contributed by atoms with Crippen LogP contribution in [0.3, 0.4) is 0 Å². The Bertz CT molecular complexity index is 776. The number of rotatable bonds is 6. The van der Waals surface area contributed by atoms with E-state index in [-0.39, 0.29) is 5.78 Å². The lowest BCUT2D eigenvalue weighted by molar-refractivity contribution is -0.113. The Morgan fingerprint density at radius 2 is 1.50 bits per heavy atom. The summed E-state index contributed by atoms with van der Waals surface area (Å²) in [6.07, 6.45) is 5.65. The van der Waals surface area contributed by atoms with Crippen molar-refractivity contribution in [2.75, 3.05) is 0 Å². The second-order valence-electron chi connectivity index (χ2n) is 5.60. The molecule has 2 rings (SSSR count). The number of benzene rings is 2. The highest BCUT2D eigenvalue weighted by molar-refractivity contribution is 5.96. The number of Topliss-reactive ketones (excluding diaryl/α,β-unsaturated/α-hetero) is 1. The van der Waals surface area contributed by atoms with Gasteiger partial charge in [0, 0.05) is 5.57 Å². The first-order valence-corrected chi connectivity index (χ1v) is 7.89. The molecule has 0 heterocycles. The molecule has 2 aromatic carbocycles. The van der Waals surface area contributed by atoms with Gasteiger partial charge < -0.3 is 4.74 Å². The standard InChI is InChI=1S/C22H22O2/c1-5-19(9-8-17(3)18(4)23)20-10-14-22(15-11-20)24-21-12-6-16(2)7-13-21/h5-15H,3H2,1-2,4H3/b9-8-,19-5+. The quantitative estimate of drug-likeness (QED) is 0.490. The summed E-state index contributed by atoms with van der Waals surface area (Å²) < 4.78 is 5.84. The van der Waals surface area contributed by atoms with Gasteiger partial charge in [-0.2, -0.15) is 0 Å². The van der Waals surface area contributed by atoms with Crippen LogP contribution in [0.5, 0.6) is 11.5 Å². The van der Waals surface area contributed by atoms with Gasteiger partial charge in [-0.05, 0) is 56.2 Å². The van der Waals surface area contributed by atoms with Gasteiger partial charge in [-0.15, -0.1) is 0 Å². The van der Waals surface area contributed by atoms with E-state index >= 15 is 0 Å². The molecule has 0 aliphatic heterocycles. The van der Waals surface area contributed by atoms with Gasteiger partial charge in [0.15, 0.2) is 5.78 Å². The fraction of sp³-hybridized carbons (Fsp3) is 0.136. The van der Waals surface area contributed by atoms with E-state index in [0.717, 1.165) is 22.6 Å². The van der Waals surface area contributed by atoms with E-state index in [4.69, 9.17) is 4.74 Å². The molecule has 0 amide bonds. The third kappa shape index (κ3) is 4.82. The van der Waals surface area contributed by atoms with E-state index in [1.54, 1.807) is 6.08 Å². The normalized spacial score (nSPS) is 11.5. The number of aryl methyl sites for hydroxylation is 1. The van der Waals surface area contributed by atoms with Gasteiger partial charge >= 0.3 is 0 Å². The van der Waals surface area contributed by atoms with E-state index in [0.29, 0.717) is 5.57 Å². The molecule has 2 nitrogen and oxygen atoms in total. The fourth-order valence-electron chi connectivity index (χ4n) is 2.12. The highest BCUT2D eigenvalue weighted by Gasteiger charge is 2.01. The number of allylic oxidation sites excluding steroid dienone is 5. The second kappa shape index (κ2) is 8.11. The molecule has 0 N–H and O–H groups in total. The van der Waals surface area contributed by atoms with Gasteiger partial charge in [-0.3, -0.25) is 4.79 Å². The lowest BCUT2D eigenvalue weighted by Crippen LogP contribution is -1.90. The molecule has 0 aliphatic rings. The summed E-state index contributed by atoms with van der Waals surface area (Å²) in [7, 11) is 0. The summed E-state index contributed by atoms with van der Waals surface area (Å²) in [5.41, 5.74) is 3.78. The van der Waals surface area contributed by atoms with Crippen LogP contribution >= 0.6 is 0 Å². The largest absolute Gasteiger partial charge is 0.457 e. The van der Waals surface area contributed by atoms with Crippen molar-refractivity contribution >= 4 is 11.4 Å². The monoisotopic (exact) mass is 318 g/mol. The minimum absolute atomic E-state index is 0.0245. The summed E-state index contributed by atoms with van der Waals surface area (Å²) >= 11 is 0. The number of hydrogen-bond donors (Lipinski definition) is 0. The molecule has 0 aliphatic carbocycles. The molecule has 0 atom stereocenters. The Hall–Kier alpha value is -2.87. The SMILES string of the molecule is C=C(/C=C\C(=C/C)c1ccc(Oc2ccc(C)cc2)cc1)C(C)=O. The van der Waals surface area contributed by atoms with Crippen LogP contribution in [0, 0.1) is 6.92 Å². The maximum absolute atomic E-state index is 11.2. The molecule has 0 saturated heterocycles. The molecular formula is C22H22O2. The van der Waals surface area contributed by atoms with Crippen molar-refractivity contribution in [3.8, 4) is 11.5 Å². The van der Waals surface area contributed by atoms with Gasteiger partial charge in [0.05, 0.1) is 0 Å². The van der Waals surface area contributed by atoms with Crippen LogP contribution in [-0.4, -0.2) is 5.78 Å². The van der Waals surface area contributed by atoms with Crippen LogP contribution in [0.4, 0.5) is 0 Å². The van der Waals surface area contributed by atoms with Crippen LogP contribution < -0.4 is 4.74 Å². The van der Waals surface area contributed by atoms with Crippen LogP contribution in [-0.2, 0) is 4.79 Å². The minimum atomic E-state index is -0.0245. The maximum atomic E-state index is 11.2. The van der Waals surface area contributed by atoms with Crippen molar-refractivity contribution in [3.05, 3.63) is 90.0 Å². The van der Waals surface area contributed by atoms with E-state index < -0.39 is 0 Å². The van der Waals surface area contributed by atoms with Crippen LogP contribution in [0.1, 0.15) is 25.0 Å². The maximum Gasteiger partial charge on any atom is 0.159 e. The summed E-state index contributed by atoms with van der Waals surface area (Å²) in [4.78, 5) is 11.2. The molecule has 0 saturated carbocycles. The number of ether oxygens (including phenoxy) is 1. The topological polar surface area (TPSA) is 26.3 Å². The Morgan fingerprint density at radius 3 is 2.00 bits per heavy atom. The average Bonchev–Trinajstić information content (AvgIpc) is 2.58.